The van der Waals surface area contributed by atoms with Crippen molar-refractivity contribution in [2.75, 3.05) is 43.0 Å². The molecule has 9 heteroatoms. The van der Waals surface area contributed by atoms with E-state index in [1.165, 1.54) is 10.5 Å². The van der Waals surface area contributed by atoms with E-state index in [2.05, 4.69) is 4.98 Å². The number of carbonyl (C=O) groups excluding carboxylic acids is 1. The molecule has 0 unspecified atom stereocenters. The molecule has 1 aromatic heterocycles. The van der Waals surface area contributed by atoms with Gasteiger partial charge in [0, 0.05) is 45.1 Å². The Morgan fingerprint density at radius 3 is 2.50 bits per heavy atom. The number of nitriles is 1. The first-order valence-corrected chi connectivity index (χ1v) is 10.3. The van der Waals surface area contributed by atoms with Crippen molar-refractivity contribution in [3.63, 3.8) is 0 Å². The fourth-order valence-corrected chi connectivity index (χ4v) is 5.03. The number of aromatic nitrogens is 1. The molecule has 1 aromatic carbocycles. The number of anilines is 2. The topological polar surface area (TPSA) is 97.6 Å². The van der Waals surface area contributed by atoms with Crippen LogP contribution in [0.3, 0.4) is 0 Å². The number of piperazine rings is 1. The van der Waals surface area contributed by atoms with Crippen molar-refractivity contribution in [2.24, 2.45) is 0 Å². The SMILES string of the molecule is CN1C(=O)Cc2cc(S(=O)(=O)N3CCN(c4ccc(C#N)cn4)CC3)ccc21. The molecule has 28 heavy (non-hydrogen) atoms. The molecule has 0 bridgehead atoms. The number of carbonyl (C=O) groups is 1. The first-order chi connectivity index (χ1) is 13.4. The molecule has 8 nitrogen and oxygen atoms in total. The Labute approximate surface area is 163 Å². The number of sulfonamides is 1. The second-order valence-electron chi connectivity index (χ2n) is 6.83. The Bertz CT molecular complexity index is 1070. The van der Waals surface area contributed by atoms with Crippen molar-refractivity contribution in [2.45, 2.75) is 11.3 Å². The molecular weight excluding hydrogens is 378 g/mol. The molecule has 0 radical (unpaired) electrons. The lowest BCUT2D eigenvalue weighted by Crippen LogP contribution is -2.48. The van der Waals surface area contributed by atoms with E-state index in [1.807, 2.05) is 11.0 Å². The fourth-order valence-electron chi connectivity index (χ4n) is 3.55. The van der Waals surface area contributed by atoms with Gasteiger partial charge in [0.05, 0.1) is 16.9 Å². The summed E-state index contributed by atoms with van der Waals surface area (Å²) >= 11 is 0. The second kappa shape index (κ2) is 6.89. The lowest BCUT2D eigenvalue weighted by Gasteiger charge is -2.34. The summed E-state index contributed by atoms with van der Waals surface area (Å²) in [6.07, 6.45) is 1.74. The number of hydrogen-bond acceptors (Lipinski definition) is 6. The quantitative estimate of drug-likeness (QED) is 0.766. The van der Waals surface area contributed by atoms with E-state index < -0.39 is 10.0 Å². The van der Waals surface area contributed by atoms with E-state index in [9.17, 15) is 13.2 Å². The van der Waals surface area contributed by atoms with Crippen LogP contribution >= 0.6 is 0 Å². The van der Waals surface area contributed by atoms with Crippen LogP contribution in [0.1, 0.15) is 11.1 Å². The zero-order chi connectivity index (χ0) is 19.9. The molecule has 144 valence electrons. The summed E-state index contributed by atoms with van der Waals surface area (Å²) < 4.78 is 27.5. The van der Waals surface area contributed by atoms with Gasteiger partial charge < -0.3 is 9.80 Å². The van der Waals surface area contributed by atoms with Gasteiger partial charge in [-0.15, -0.1) is 0 Å². The van der Waals surface area contributed by atoms with Gasteiger partial charge in [-0.25, -0.2) is 13.4 Å². The standard InChI is InChI=1S/C19H19N5O3S/c1-22-17-4-3-16(10-15(17)11-19(22)25)28(26,27)24-8-6-23(7-9-24)18-5-2-14(12-20)13-21-18/h2-5,10,13H,6-9,11H2,1H3. The van der Waals surface area contributed by atoms with Gasteiger partial charge >= 0.3 is 0 Å². The van der Waals surface area contributed by atoms with Gasteiger partial charge in [0.25, 0.3) is 0 Å². The summed E-state index contributed by atoms with van der Waals surface area (Å²) in [5, 5.41) is 8.86. The summed E-state index contributed by atoms with van der Waals surface area (Å²) in [6, 6.07) is 10.4. The molecule has 2 aliphatic rings. The van der Waals surface area contributed by atoms with Gasteiger partial charge in [0.15, 0.2) is 0 Å². The predicted octanol–water partition coefficient (Wildman–Crippen LogP) is 0.983. The number of amides is 1. The molecule has 4 rings (SSSR count). The highest BCUT2D eigenvalue weighted by Crippen LogP contribution is 2.31. The van der Waals surface area contributed by atoms with Gasteiger partial charge in [-0.1, -0.05) is 0 Å². The minimum Gasteiger partial charge on any atom is -0.354 e. The third-order valence-corrected chi connectivity index (χ3v) is 7.10. The maximum atomic E-state index is 13.0. The fraction of sp³-hybridized carbons (Fsp3) is 0.316. The third kappa shape index (κ3) is 3.10. The minimum atomic E-state index is -3.62. The van der Waals surface area contributed by atoms with E-state index in [4.69, 9.17) is 5.26 Å². The molecule has 2 aromatic rings. The number of fused-ring (bicyclic) bond motifs is 1. The van der Waals surface area contributed by atoms with Crippen LogP contribution < -0.4 is 9.80 Å². The van der Waals surface area contributed by atoms with Crippen molar-refractivity contribution >= 4 is 27.4 Å². The number of likely N-dealkylation sites (N-methyl/N-ethyl adjacent to an activating group) is 1. The third-order valence-electron chi connectivity index (χ3n) is 5.21. The molecule has 0 spiro atoms. The summed E-state index contributed by atoms with van der Waals surface area (Å²) in [6.45, 7) is 1.73. The molecule has 1 amide bonds. The van der Waals surface area contributed by atoms with Crippen LogP contribution in [0.5, 0.6) is 0 Å². The second-order valence-corrected chi connectivity index (χ2v) is 8.77. The Kier molecular flexibility index (Phi) is 4.53. The number of nitrogens with zero attached hydrogens (tertiary/aromatic N) is 5. The molecule has 2 aliphatic heterocycles. The average molecular weight is 397 g/mol. The van der Waals surface area contributed by atoms with E-state index in [0.29, 0.717) is 31.7 Å². The van der Waals surface area contributed by atoms with Crippen molar-refractivity contribution in [3.8, 4) is 6.07 Å². The molecule has 1 fully saturated rings. The van der Waals surface area contributed by atoms with Crippen LogP contribution in [0, 0.1) is 11.3 Å². The zero-order valence-corrected chi connectivity index (χ0v) is 16.2. The molecule has 0 atom stereocenters. The van der Waals surface area contributed by atoms with E-state index >= 15 is 0 Å². The van der Waals surface area contributed by atoms with Crippen LogP contribution in [0.2, 0.25) is 0 Å². The number of pyridine rings is 1. The first-order valence-electron chi connectivity index (χ1n) is 8.91. The Morgan fingerprint density at radius 2 is 1.86 bits per heavy atom. The summed E-state index contributed by atoms with van der Waals surface area (Å²) in [4.78, 5) is 19.9. The highest BCUT2D eigenvalue weighted by Gasteiger charge is 2.31. The molecule has 3 heterocycles. The maximum Gasteiger partial charge on any atom is 0.243 e. The normalized spacial score (nSPS) is 17.5. The number of hydrogen-bond donors (Lipinski definition) is 0. The lowest BCUT2D eigenvalue weighted by molar-refractivity contribution is -0.117. The van der Waals surface area contributed by atoms with Gasteiger partial charge in [-0.05, 0) is 35.9 Å². The van der Waals surface area contributed by atoms with Crippen LogP contribution in [0.15, 0.2) is 41.4 Å². The molecule has 0 N–H and O–H groups in total. The van der Waals surface area contributed by atoms with Crippen LogP contribution in [0.4, 0.5) is 11.5 Å². The van der Waals surface area contributed by atoms with Crippen LogP contribution in [-0.2, 0) is 21.2 Å². The number of benzene rings is 1. The van der Waals surface area contributed by atoms with E-state index in [1.54, 1.807) is 42.3 Å². The Balaban J connectivity index is 1.49. The predicted molar refractivity (Wildman–Crippen MR) is 103 cm³/mol. The molecule has 1 saturated heterocycles. The van der Waals surface area contributed by atoms with Gasteiger partial charge in [-0.2, -0.15) is 9.57 Å². The van der Waals surface area contributed by atoms with Crippen molar-refractivity contribution in [1.82, 2.24) is 9.29 Å². The summed E-state index contributed by atoms with van der Waals surface area (Å²) in [5.74, 6) is 0.697. The minimum absolute atomic E-state index is 0.0342. The summed E-state index contributed by atoms with van der Waals surface area (Å²) in [7, 11) is -1.93. The van der Waals surface area contributed by atoms with Crippen LogP contribution in [0.25, 0.3) is 0 Å². The number of rotatable bonds is 3. The highest BCUT2D eigenvalue weighted by atomic mass is 32.2. The largest absolute Gasteiger partial charge is 0.354 e. The molecule has 0 aliphatic carbocycles. The van der Waals surface area contributed by atoms with Gasteiger partial charge in [0.1, 0.15) is 11.9 Å². The molecule has 0 saturated carbocycles. The van der Waals surface area contributed by atoms with Crippen molar-refractivity contribution < 1.29 is 13.2 Å². The van der Waals surface area contributed by atoms with Gasteiger partial charge in [-0.3, -0.25) is 4.79 Å². The van der Waals surface area contributed by atoms with E-state index in [0.717, 1.165) is 17.1 Å². The van der Waals surface area contributed by atoms with Crippen molar-refractivity contribution in [3.05, 3.63) is 47.7 Å². The van der Waals surface area contributed by atoms with E-state index in [-0.39, 0.29) is 17.2 Å². The summed E-state index contributed by atoms with van der Waals surface area (Å²) in [5.41, 5.74) is 2.00. The Hall–Kier alpha value is -2.96. The van der Waals surface area contributed by atoms with Crippen molar-refractivity contribution in [1.29, 1.82) is 5.26 Å². The lowest BCUT2D eigenvalue weighted by atomic mass is 10.2. The van der Waals surface area contributed by atoms with Crippen LogP contribution in [-0.4, -0.2) is 56.8 Å². The zero-order valence-electron chi connectivity index (χ0n) is 15.4. The monoisotopic (exact) mass is 397 g/mol. The van der Waals surface area contributed by atoms with Gasteiger partial charge in [0.2, 0.25) is 15.9 Å². The average Bonchev–Trinajstić information content (AvgIpc) is 3.01. The highest BCUT2D eigenvalue weighted by molar-refractivity contribution is 7.89. The smallest absolute Gasteiger partial charge is 0.243 e. The first kappa shape index (κ1) is 18.4. The maximum absolute atomic E-state index is 13.0. The Morgan fingerprint density at radius 1 is 1.11 bits per heavy atom. The molecular formula is C19H19N5O3S.